The van der Waals surface area contributed by atoms with Crippen LogP contribution in [-0.4, -0.2) is 5.91 Å². The van der Waals surface area contributed by atoms with Gasteiger partial charge in [0.2, 0.25) is 0 Å². The topological polar surface area (TPSA) is 42.2 Å². The summed E-state index contributed by atoms with van der Waals surface area (Å²) in [6.07, 6.45) is 1.67. The number of nitrogens with one attached hydrogen (secondary N) is 1. The number of carbonyl (C=O) groups excluding carboxylic acids is 1. The second-order valence-corrected chi connectivity index (χ2v) is 7.64. The average Bonchev–Trinajstić information content (AvgIpc) is 3.25. The summed E-state index contributed by atoms with van der Waals surface area (Å²) < 4.78 is 5.40. The molecule has 0 saturated heterocycles. The molecule has 3 aromatic carbocycles. The van der Waals surface area contributed by atoms with Crippen molar-refractivity contribution in [1.29, 1.82) is 0 Å². The van der Waals surface area contributed by atoms with Crippen LogP contribution in [0.5, 0.6) is 0 Å². The summed E-state index contributed by atoms with van der Waals surface area (Å²) in [6.45, 7) is 2.03. The fourth-order valence-corrected chi connectivity index (χ4v) is 4.26. The molecule has 0 aliphatic carbocycles. The standard InChI is InChI=1S/C24H21NO2S/c1-17(20-13-6-9-18-8-2-3-11-21(18)20)25-24(26)22-12-4-5-14-23(22)28-16-19-10-7-15-27-19/h2-15,17H,16H2,1H3,(H,25,26)/t17-/m1/s1. The van der Waals surface area contributed by atoms with Gasteiger partial charge in [0.15, 0.2) is 0 Å². The molecular weight excluding hydrogens is 366 g/mol. The Hall–Kier alpha value is -2.98. The maximum Gasteiger partial charge on any atom is 0.252 e. The number of fused-ring (bicyclic) bond motifs is 1. The number of amides is 1. The fourth-order valence-electron chi connectivity index (χ4n) is 3.30. The van der Waals surface area contributed by atoms with Crippen LogP contribution in [0.15, 0.2) is 94.4 Å². The summed E-state index contributed by atoms with van der Waals surface area (Å²) in [5, 5.41) is 5.50. The van der Waals surface area contributed by atoms with Gasteiger partial charge in [-0.2, -0.15) is 0 Å². The van der Waals surface area contributed by atoms with Gasteiger partial charge in [0.25, 0.3) is 5.91 Å². The highest BCUT2D eigenvalue weighted by atomic mass is 32.2. The Morgan fingerprint density at radius 3 is 2.61 bits per heavy atom. The Kier molecular flexibility index (Phi) is 5.49. The van der Waals surface area contributed by atoms with Gasteiger partial charge in [0.05, 0.1) is 23.6 Å². The van der Waals surface area contributed by atoms with E-state index < -0.39 is 0 Å². The lowest BCUT2D eigenvalue weighted by Crippen LogP contribution is -2.27. The normalized spacial score (nSPS) is 12.0. The van der Waals surface area contributed by atoms with E-state index in [-0.39, 0.29) is 11.9 Å². The van der Waals surface area contributed by atoms with Crippen LogP contribution in [0.3, 0.4) is 0 Å². The van der Waals surface area contributed by atoms with Gasteiger partial charge in [0, 0.05) is 4.90 Å². The van der Waals surface area contributed by atoms with Gasteiger partial charge < -0.3 is 9.73 Å². The van der Waals surface area contributed by atoms with Crippen LogP contribution in [0.25, 0.3) is 10.8 Å². The first-order valence-corrected chi connectivity index (χ1v) is 10.2. The third kappa shape index (κ3) is 3.97. The van der Waals surface area contributed by atoms with Gasteiger partial charge >= 0.3 is 0 Å². The molecule has 4 aromatic rings. The van der Waals surface area contributed by atoms with Crippen LogP contribution in [0.1, 0.15) is 34.6 Å². The molecule has 0 radical (unpaired) electrons. The van der Waals surface area contributed by atoms with Crippen molar-refractivity contribution < 1.29 is 9.21 Å². The maximum absolute atomic E-state index is 13.0. The second kappa shape index (κ2) is 8.36. The highest BCUT2D eigenvalue weighted by Crippen LogP contribution is 2.28. The van der Waals surface area contributed by atoms with Crippen LogP contribution in [0.4, 0.5) is 0 Å². The molecule has 1 aromatic heterocycles. The molecule has 1 amide bonds. The molecule has 0 unspecified atom stereocenters. The summed E-state index contributed by atoms with van der Waals surface area (Å²) in [5.41, 5.74) is 1.80. The van der Waals surface area contributed by atoms with E-state index in [4.69, 9.17) is 4.42 Å². The molecule has 1 atom stereocenters. The van der Waals surface area contributed by atoms with Gasteiger partial charge in [-0.25, -0.2) is 0 Å². The number of furan rings is 1. The monoisotopic (exact) mass is 387 g/mol. The van der Waals surface area contributed by atoms with Crippen molar-refractivity contribution in [1.82, 2.24) is 5.32 Å². The van der Waals surface area contributed by atoms with E-state index in [0.29, 0.717) is 11.3 Å². The summed E-state index contributed by atoms with van der Waals surface area (Å²) in [5.74, 6) is 1.52. The second-order valence-electron chi connectivity index (χ2n) is 6.63. The third-order valence-electron chi connectivity index (χ3n) is 4.72. The zero-order valence-electron chi connectivity index (χ0n) is 15.6. The number of benzene rings is 3. The first kappa shape index (κ1) is 18.4. The molecule has 3 nitrogen and oxygen atoms in total. The fraction of sp³-hybridized carbons (Fsp3) is 0.125. The van der Waals surface area contributed by atoms with Crippen molar-refractivity contribution in [3.05, 3.63) is 102 Å². The lowest BCUT2D eigenvalue weighted by atomic mass is 9.99. The Labute approximate surface area is 168 Å². The summed E-state index contributed by atoms with van der Waals surface area (Å²) in [6, 6.07) is 25.9. The Bertz CT molecular complexity index is 1080. The number of thioether (sulfide) groups is 1. The van der Waals surface area contributed by atoms with E-state index in [2.05, 4.69) is 29.6 Å². The molecule has 0 spiro atoms. The van der Waals surface area contributed by atoms with Crippen LogP contribution in [-0.2, 0) is 5.75 Å². The lowest BCUT2D eigenvalue weighted by molar-refractivity contribution is 0.0937. The SMILES string of the molecule is C[C@@H](NC(=O)c1ccccc1SCc1ccco1)c1cccc2ccccc12. The highest BCUT2D eigenvalue weighted by molar-refractivity contribution is 7.98. The molecule has 1 N–H and O–H groups in total. The van der Waals surface area contributed by atoms with E-state index in [0.717, 1.165) is 16.2 Å². The molecule has 0 saturated carbocycles. The average molecular weight is 388 g/mol. The first-order chi connectivity index (χ1) is 13.7. The van der Waals surface area contributed by atoms with E-state index in [1.807, 2.05) is 61.5 Å². The van der Waals surface area contributed by atoms with E-state index in [1.54, 1.807) is 18.0 Å². The summed E-state index contributed by atoms with van der Waals surface area (Å²) in [7, 11) is 0. The minimum atomic E-state index is -0.0956. The van der Waals surface area contributed by atoms with E-state index >= 15 is 0 Å². The molecule has 0 aliphatic heterocycles. The predicted octanol–water partition coefficient (Wildman–Crippen LogP) is 6.22. The van der Waals surface area contributed by atoms with Crippen molar-refractivity contribution in [3.63, 3.8) is 0 Å². The van der Waals surface area contributed by atoms with Gasteiger partial charge in [-0.05, 0) is 47.5 Å². The number of hydrogen-bond acceptors (Lipinski definition) is 3. The molecule has 1 heterocycles. The zero-order valence-corrected chi connectivity index (χ0v) is 16.4. The van der Waals surface area contributed by atoms with Crippen LogP contribution >= 0.6 is 11.8 Å². The number of rotatable bonds is 6. The van der Waals surface area contributed by atoms with Gasteiger partial charge in [-0.15, -0.1) is 11.8 Å². The highest BCUT2D eigenvalue weighted by Gasteiger charge is 2.16. The largest absolute Gasteiger partial charge is 0.468 e. The van der Waals surface area contributed by atoms with Crippen molar-refractivity contribution in [2.75, 3.05) is 0 Å². The quantitative estimate of drug-likeness (QED) is 0.400. The Balaban J connectivity index is 1.53. The summed E-state index contributed by atoms with van der Waals surface area (Å²) >= 11 is 1.60. The summed E-state index contributed by atoms with van der Waals surface area (Å²) in [4.78, 5) is 13.9. The molecule has 28 heavy (non-hydrogen) atoms. The smallest absolute Gasteiger partial charge is 0.252 e. The van der Waals surface area contributed by atoms with Crippen LogP contribution < -0.4 is 5.32 Å². The molecule has 4 heteroatoms. The van der Waals surface area contributed by atoms with Crippen molar-refractivity contribution in [3.8, 4) is 0 Å². The number of hydrogen-bond donors (Lipinski definition) is 1. The van der Waals surface area contributed by atoms with Crippen molar-refractivity contribution >= 4 is 28.4 Å². The molecular formula is C24H21NO2S. The molecule has 0 aliphatic rings. The Morgan fingerprint density at radius 2 is 1.75 bits per heavy atom. The maximum atomic E-state index is 13.0. The van der Waals surface area contributed by atoms with Crippen LogP contribution in [0.2, 0.25) is 0 Å². The lowest BCUT2D eigenvalue weighted by Gasteiger charge is -2.18. The van der Waals surface area contributed by atoms with Crippen molar-refractivity contribution in [2.24, 2.45) is 0 Å². The Morgan fingerprint density at radius 1 is 0.964 bits per heavy atom. The predicted molar refractivity (Wildman–Crippen MR) is 115 cm³/mol. The van der Waals surface area contributed by atoms with Crippen molar-refractivity contribution in [2.45, 2.75) is 23.6 Å². The molecule has 4 rings (SSSR count). The molecule has 0 bridgehead atoms. The van der Waals surface area contributed by atoms with Gasteiger partial charge in [-0.1, -0.05) is 54.6 Å². The first-order valence-electron chi connectivity index (χ1n) is 9.25. The molecule has 140 valence electrons. The van der Waals surface area contributed by atoms with E-state index in [9.17, 15) is 4.79 Å². The number of carbonyl (C=O) groups is 1. The third-order valence-corrected chi connectivity index (χ3v) is 5.82. The molecule has 0 fully saturated rings. The zero-order chi connectivity index (χ0) is 19.3. The minimum absolute atomic E-state index is 0.0667. The minimum Gasteiger partial charge on any atom is -0.468 e. The van der Waals surface area contributed by atoms with Gasteiger partial charge in [0.1, 0.15) is 5.76 Å². The van der Waals surface area contributed by atoms with Crippen LogP contribution in [0, 0.1) is 0 Å². The van der Waals surface area contributed by atoms with Gasteiger partial charge in [-0.3, -0.25) is 4.79 Å². The van der Waals surface area contributed by atoms with E-state index in [1.165, 1.54) is 10.8 Å².